The molecule has 0 saturated heterocycles. The number of amides is 1. The fourth-order valence-electron chi connectivity index (χ4n) is 2.04. The van der Waals surface area contributed by atoms with E-state index in [2.05, 4.69) is 9.88 Å². The van der Waals surface area contributed by atoms with Gasteiger partial charge in [0.25, 0.3) is 5.91 Å². The van der Waals surface area contributed by atoms with Gasteiger partial charge in [-0.15, -0.1) is 11.3 Å². The lowest BCUT2D eigenvalue weighted by molar-refractivity contribution is 0.0726. The molecule has 118 valence electrons. The number of likely N-dealkylation sites (N-methyl/N-ethyl adjacent to an activating group) is 1. The zero-order valence-electron chi connectivity index (χ0n) is 13.0. The zero-order chi connectivity index (χ0) is 15.9. The Kier molecular flexibility index (Phi) is 6.06. The van der Waals surface area contributed by atoms with E-state index < -0.39 is 0 Å². The van der Waals surface area contributed by atoms with E-state index in [1.54, 1.807) is 5.38 Å². The third-order valence-electron chi connectivity index (χ3n) is 3.27. The van der Waals surface area contributed by atoms with Crippen LogP contribution in [0.2, 0.25) is 0 Å². The molecule has 1 aromatic heterocycles. The number of nitrogens with zero attached hydrogens (tertiary/aromatic N) is 3. The molecule has 0 unspecified atom stereocenters. The maximum Gasteiger partial charge on any atom is 0.273 e. The van der Waals surface area contributed by atoms with Gasteiger partial charge < -0.3 is 15.5 Å². The predicted molar refractivity (Wildman–Crippen MR) is 89.7 cm³/mol. The first-order valence-electron chi connectivity index (χ1n) is 7.22. The second-order valence-corrected chi connectivity index (χ2v) is 6.29. The molecule has 1 heterocycles. The third kappa shape index (κ3) is 4.62. The molecule has 0 aliphatic heterocycles. The van der Waals surface area contributed by atoms with Gasteiger partial charge in [-0.3, -0.25) is 4.79 Å². The molecule has 0 aliphatic carbocycles. The molecule has 2 rings (SSSR count). The SMILES string of the molecule is CN(C)CCN(Cc1ccccc1)C(=O)c1csc(CN)n1. The van der Waals surface area contributed by atoms with Crippen molar-refractivity contribution in [3.05, 3.63) is 52.0 Å². The van der Waals surface area contributed by atoms with E-state index in [1.807, 2.05) is 49.3 Å². The van der Waals surface area contributed by atoms with Gasteiger partial charge in [0.1, 0.15) is 10.7 Å². The Morgan fingerprint density at radius 3 is 2.55 bits per heavy atom. The van der Waals surface area contributed by atoms with Crippen molar-refractivity contribution in [3.63, 3.8) is 0 Å². The molecule has 0 bridgehead atoms. The summed E-state index contributed by atoms with van der Waals surface area (Å²) in [5, 5.41) is 2.58. The van der Waals surface area contributed by atoms with Crippen LogP contribution in [0.25, 0.3) is 0 Å². The summed E-state index contributed by atoms with van der Waals surface area (Å²) in [7, 11) is 4.00. The maximum atomic E-state index is 12.7. The molecule has 0 fully saturated rings. The van der Waals surface area contributed by atoms with Gasteiger partial charge in [-0.25, -0.2) is 4.98 Å². The molecule has 6 heteroatoms. The number of aromatic nitrogens is 1. The van der Waals surface area contributed by atoms with Crippen molar-refractivity contribution < 1.29 is 4.79 Å². The van der Waals surface area contributed by atoms with E-state index in [1.165, 1.54) is 11.3 Å². The van der Waals surface area contributed by atoms with E-state index in [9.17, 15) is 4.79 Å². The van der Waals surface area contributed by atoms with Gasteiger partial charge in [-0.05, 0) is 19.7 Å². The van der Waals surface area contributed by atoms with Crippen molar-refractivity contribution >= 4 is 17.2 Å². The average Bonchev–Trinajstić information content (AvgIpc) is 3.00. The molecule has 5 nitrogen and oxygen atoms in total. The molecular formula is C16H22N4OS. The zero-order valence-corrected chi connectivity index (χ0v) is 13.8. The Balaban J connectivity index is 2.13. The first-order valence-corrected chi connectivity index (χ1v) is 8.10. The number of carbonyl (C=O) groups is 1. The number of rotatable bonds is 7. The molecule has 0 aliphatic rings. The van der Waals surface area contributed by atoms with E-state index in [-0.39, 0.29) is 5.91 Å². The summed E-state index contributed by atoms with van der Waals surface area (Å²) in [5.74, 6) is -0.0401. The molecule has 0 spiro atoms. The number of nitrogens with two attached hydrogens (primary N) is 1. The Morgan fingerprint density at radius 1 is 1.23 bits per heavy atom. The Bertz CT molecular complexity index is 597. The van der Waals surface area contributed by atoms with Crippen molar-refractivity contribution in [2.45, 2.75) is 13.1 Å². The van der Waals surface area contributed by atoms with Crippen LogP contribution in [-0.2, 0) is 13.1 Å². The Hall–Kier alpha value is -1.76. The van der Waals surface area contributed by atoms with Gasteiger partial charge in [-0.1, -0.05) is 30.3 Å². The van der Waals surface area contributed by atoms with Crippen LogP contribution in [-0.4, -0.2) is 47.9 Å². The van der Waals surface area contributed by atoms with Crippen LogP contribution in [0.1, 0.15) is 21.1 Å². The minimum atomic E-state index is -0.0401. The highest BCUT2D eigenvalue weighted by Crippen LogP contribution is 2.13. The van der Waals surface area contributed by atoms with E-state index in [0.29, 0.717) is 25.3 Å². The number of carbonyl (C=O) groups excluding carboxylic acids is 1. The minimum absolute atomic E-state index is 0.0401. The Morgan fingerprint density at radius 2 is 1.95 bits per heavy atom. The van der Waals surface area contributed by atoms with Gasteiger partial charge in [-0.2, -0.15) is 0 Å². The van der Waals surface area contributed by atoms with Crippen LogP contribution in [0.4, 0.5) is 0 Å². The lowest BCUT2D eigenvalue weighted by Gasteiger charge is -2.24. The van der Waals surface area contributed by atoms with Gasteiger partial charge in [0.15, 0.2) is 0 Å². The van der Waals surface area contributed by atoms with Crippen molar-refractivity contribution in [3.8, 4) is 0 Å². The average molecular weight is 318 g/mol. The number of thiazole rings is 1. The fraction of sp³-hybridized carbons (Fsp3) is 0.375. The minimum Gasteiger partial charge on any atom is -0.332 e. The van der Waals surface area contributed by atoms with Crippen molar-refractivity contribution in [2.24, 2.45) is 5.73 Å². The van der Waals surface area contributed by atoms with Crippen molar-refractivity contribution in [1.29, 1.82) is 0 Å². The molecule has 22 heavy (non-hydrogen) atoms. The molecule has 1 aromatic carbocycles. The van der Waals surface area contributed by atoms with Gasteiger partial charge in [0.2, 0.25) is 0 Å². The highest BCUT2D eigenvalue weighted by atomic mass is 32.1. The van der Waals surface area contributed by atoms with Crippen LogP contribution in [0.3, 0.4) is 0 Å². The maximum absolute atomic E-state index is 12.7. The van der Waals surface area contributed by atoms with Crippen LogP contribution < -0.4 is 5.73 Å². The summed E-state index contributed by atoms with van der Waals surface area (Å²) >= 11 is 1.43. The first kappa shape index (κ1) is 16.6. The summed E-state index contributed by atoms with van der Waals surface area (Å²) in [4.78, 5) is 20.9. The van der Waals surface area contributed by atoms with Crippen molar-refractivity contribution in [1.82, 2.24) is 14.8 Å². The summed E-state index contributed by atoms with van der Waals surface area (Å²) in [5.41, 5.74) is 7.18. The fourth-order valence-corrected chi connectivity index (χ4v) is 2.69. The van der Waals surface area contributed by atoms with Gasteiger partial charge in [0.05, 0.1) is 0 Å². The smallest absolute Gasteiger partial charge is 0.273 e. The summed E-state index contributed by atoms with van der Waals surface area (Å²) in [6.45, 7) is 2.43. The highest BCUT2D eigenvalue weighted by Gasteiger charge is 2.19. The monoisotopic (exact) mass is 318 g/mol. The Labute approximate surface area is 135 Å². The molecule has 1 amide bonds. The molecule has 2 aromatic rings. The van der Waals surface area contributed by atoms with Crippen molar-refractivity contribution in [2.75, 3.05) is 27.2 Å². The summed E-state index contributed by atoms with van der Waals surface area (Å²) < 4.78 is 0. The lowest BCUT2D eigenvalue weighted by atomic mass is 10.2. The second-order valence-electron chi connectivity index (χ2n) is 5.35. The largest absolute Gasteiger partial charge is 0.332 e. The normalized spacial score (nSPS) is 10.9. The number of hydrogen-bond donors (Lipinski definition) is 1. The topological polar surface area (TPSA) is 62.5 Å². The molecule has 0 radical (unpaired) electrons. The molecule has 2 N–H and O–H groups in total. The van der Waals surface area contributed by atoms with Crippen LogP contribution in [0.5, 0.6) is 0 Å². The van der Waals surface area contributed by atoms with E-state index >= 15 is 0 Å². The van der Waals surface area contributed by atoms with Gasteiger partial charge in [0, 0.05) is 31.6 Å². The first-order chi connectivity index (χ1) is 10.6. The van der Waals surface area contributed by atoms with E-state index in [0.717, 1.165) is 17.1 Å². The summed E-state index contributed by atoms with van der Waals surface area (Å²) in [6.07, 6.45) is 0. The summed E-state index contributed by atoms with van der Waals surface area (Å²) in [6, 6.07) is 10.0. The quantitative estimate of drug-likeness (QED) is 0.846. The van der Waals surface area contributed by atoms with E-state index in [4.69, 9.17) is 5.73 Å². The second kappa shape index (κ2) is 8.03. The molecular weight excluding hydrogens is 296 g/mol. The van der Waals surface area contributed by atoms with Gasteiger partial charge >= 0.3 is 0 Å². The highest BCUT2D eigenvalue weighted by molar-refractivity contribution is 7.09. The third-order valence-corrected chi connectivity index (χ3v) is 4.14. The predicted octanol–water partition coefficient (Wildman–Crippen LogP) is 1.81. The lowest BCUT2D eigenvalue weighted by Crippen LogP contribution is -2.36. The number of hydrogen-bond acceptors (Lipinski definition) is 5. The standard InChI is InChI=1S/C16H22N4OS/c1-19(2)8-9-20(11-13-6-4-3-5-7-13)16(21)14-12-22-15(10-17)18-14/h3-7,12H,8-11,17H2,1-2H3. The molecule has 0 atom stereocenters. The van der Waals surface area contributed by atoms with Crippen LogP contribution >= 0.6 is 11.3 Å². The van der Waals surface area contributed by atoms with Crippen LogP contribution in [0.15, 0.2) is 35.7 Å². The molecule has 0 saturated carbocycles. The number of benzene rings is 1. The van der Waals surface area contributed by atoms with Crippen LogP contribution in [0, 0.1) is 0 Å².